The van der Waals surface area contributed by atoms with Crippen LogP contribution in [0.15, 0.2) is 48.5 Å². The molecule has 0 aromatic heterocycles. The molecular formula is C19H19ClN2O3. The number of halogens is 1. The molecule has 6 heteroatoms. The second kappa shape index (κ2) is 7.57. The molecule has 1 aliphatic heterocycles. The summed E-state index contributed by atoms with van der Waals surface area (Å²) < 4.78 is 5.41. The molecule has 3 rings (SSSR count). The fourth-order valence-electron chi connectivity index (χ4n) is 2.77. The third kappa shape index (κ3) is 3.94. The van der Waals surface area contributed by atoms with Crippen LogP contribution in [0.5, 0.6) is 5.75 Å². The Morgan fingerprint density at radius 2 is 1.92 bits per heavy atom. The molecule has 0 saturated carbocycles. The molecule has 130 valence electrons. The van der Waals surface area contributed by atoms with Gasteiger partial charge in [-0.1, -0.05) is 41.9 Å². The van der Waals surface area contributed by atoms with Crippen LogP contribution in [0.1, 0.15) is 12.0 Å². The normalized spacial score (nSPS) is 13.2. The molecule has 2 aromatic rings. The van der Waals surface area contributed by atoms with Crippen molar-refractivity contribution in [3.63, 3.8) is 0 Å². The van der Waals surface area contributed by atoms with E-state index in [1.165, 1.54) is 0 Å². The molecule has 0 N–H and O–H groups in total. The highest BCUT2D eigenvalue weighted by atomic mass is 35.5. The summed E-state index contributed by atoms with van der Waals surface area (Å²) >= 11 is 6.14. The number of benzene rings is 2. The monoisotopic (exact) mass is 358 g/mol. The fraction of sp³-hybridized carbons (Fsp3) is 0.263. The molecule has 5 nitrogen and oxygen atoms in total. The Morgan fingerprint density at radius 3 is 2.72 bits per heavy atom. The van der Waals surface area contributed by atoms with Gasteiger partial charge >= 0.3 is 0 Å². The topological polar surface area (TPSA) is 49.9 Å². The van der Waals surface area contributed by atoms with E-state index in [-0.39, 0.29) is 24.8 Å². The van der Waals surface area contributed by atoms with Crippen LogP contribution in [0, 0.1) is 0 Å². The Balaban J connectivity index is 1.62. The van der Waals surface area contributed by atoms with E-state index >= 15 is 0 Å². The molecule has 25 heavy (non-hydrogen) atoms. The van der Waals surface area contributed by atoms with Gasteiger partial charge in [-0.25, -0.2) is 0 Å². The van der Waals surface area contributed by atoms with Gasteiger partial charge in [0.25, 0.3) is 5.91 Å². The predicted molar refractivity (Wildman–Crippen MR) is 96.8 cm³/mol. The zero-order valence-electron chi connectivity index (χ0n) is 13.9. The van der Waals surface area contributed by atoms with Crippen molar-refractivity contribution in [3.8, 4) is 5.75 Å². The number of carbonyl (C=O) groups excluding carboxylic acids is 2. The summed E-state index contributed by atoms with van der Waals surface area (Å²) in [5.74, 6) is 0.482. The largest absolute Gasteiger partial charge is 0.482 e. The number of anilines is 1. The number of carbonyl (C=O) groups is 2. The van der Waals surface area contributed by atoms with Gasteiger partial charge in [0, 0.05) is 31.6 Å². The number of fused-ring (bicyclic) bond motifs is 1. The molecule has 0 aliphatic carbocycles. The van der Waals surface area contributed by atoms with E-state index in [0.29, 0.717) is 29.5 Å². The van der Waals surface area contributed by atoms with E-state index in [0.717, 1.165) is 5.56 Å². The Morgan fingerprint density at radius 1 is 1.20 bits per heavy atom. The Labute approximate surface area is 151 Å². The summed E-state index contributed by atoms with van der Waals surface area (Å²) in [7, 11) is 1.74. The van der Waals surface area contributed by atoms with Crippen molar-refractivity contribution in [1.82, 2.24) is 4.90 Å². The molecule has 0 atom stereocenters. The predicted octanol–water partition coefficient (Wildman–Crippen LogP) is 3.11. The van der Waals surface area contributed by atoms with Crippen LogP contribution in [0.25, 0.3) is 0 Å². The zero-order valence-corrected chi connectivity index (χ0v) is 14.7. The lowest BCUT2D eigenvalue weighted by atomic mass is 10.2. The van der Waals surface area contributed by atoms with Crippen molar-refractivity contribution < 1.29 is 14.3 Å². The molecule has 0 unspecified atom stereocenters. The maximum atomic E-state index is 12.4. The van der Waals surface area contributed by atoms with Gasteiger partial charge in [0.15, 0.2) is 6.61 Å². The van der Waals surface area contributed by atoms with Gasteiger partial charge in [0.1, 0.15) is 5.75 Å². The molecule has 0 bridgehead atoms. The lowest BCUT2D eigenvalue weighted by molar-refractivity contribution is -0.130. The molecule has 0 fully saturated rings. The van der Waals surface area contributed by atoms with Crippen LogP contribution in [0.2, 0.25) is 5.02 Å². The van der Waals surface area contributed by atoms with Crippen LogP contribution in [-0.2, 0) is 16.1 Å². The van der Waals surface area contributed by atoms with Crippen LogP contribution in [0.4, 0.5) is 5.69 Å². The van der Waals surface area contributed by atoms with Gasteiger partial charge in [-0.3, -0.25) is 9.59 Å². The fourth-order valence-corrected chi connectivity index (χ4v) is 2.96. The van der Waals surface area contributed by atoms with E-state index in [1.807, 2.05) is 42.5 Å². The van der Waals surface area contributed by atoms with E-state index in [1.54, 1.807) is 22.9 Å². The van der Waals surface area contributed by atoms with Crippen LogP contribution >= 0.6 is 11.6 Å². The van der Waals surface area contributed by atoms with Crippen molar-refractivity contribution >= 4 is 29.1 Å². The van der Waals surface area contributed by atoms with Gasteiger partial charge in [-0.05, 0) is 23.8 Å². The first-order chi connectivity index (χ1) is 12.1. The summed E-state index contributed by atoms with van der Waals surface area (Å²) in [6, 6.07) is 14.8. The lowest BCUT2D eigenvalue weighted by Gasteiger charge is -2.29. The van der Waals surface area contributed by atoms with Crippen LogP contribution in [-0.4, -0.2) is 36.9 Å². The molecule has 0 spiro atoms. The number of hydrogen-bond donors (Lipinski definition) is 0. The molecule has 2 amide bonds. The second-order valence-corrected chi connectivity index (χ2v) is 6.30. The summed E-state index contributed by atoms with van der Waals surface area (Å²) in [6.45, 7) is 0.762. The Kier molecular flexibility index (Phi) is 5.24. The molecule has 1 heterocycles. The van der Waals surface area contributed by atoms with E-state index in [2.05, 4.69) is 0 Å². The van der Waals surface area contributed by atoms with Crippen molar-refractivity contribution in [2.75, 3.05) is 25.1 Å². The minimum atomic E-state index is -0.139. The number of nitrogens with zero attached hydrogens (tertiary/aromatic N) is 2. The smallest absolute Gasteiger partial charge is 0.265 e. The number of rotatable bonds is 5. The molecular weight excluding hydrogens is 340 g/mol. The average Bonchev–Trinajstić information content (AvgIpc) is 2.62. The Bertz CT molecular complexity index is 794. The molecule has 1 aliphatic rings. The number of hydrogen-bond acceptors (Lipinski definition) is 3. The third-order valence-electron chi connectivity index (χ3n) is 4.15. The standard InChI is InChI=1S/C19H19ClN2O3/c1-21(12-14-6-2-3-7-15(14)20)18(23)10-11-22-16-8-4-5-9-17(16)25-13-19(22)24/h2-9H,10-13H2,1H3. The summed E-state index contributed by atoms with van der Waals surface area (Å²) in [6.07, 6.45) is 0.237. The first-order valence-corrected chi connectivity index (χ1v) is 8.43. The first-order valence-electron chi connectivity index (χ1n) is 8.06. The summed E-state index contributed by atoms with van der Waals surface area (Å²) in [5, 5.41) is 0.638. The lowest BCUT2D eigenvalue weighted by Crippen LogP contribution is -2.41. The van der Waals surface area contributed by atoms with Gasteiger partial charge in [0.05, 0.1) is 5.69 Å². The van der Waals surface area contributed by atoms with Crippen molar-refractivity contribution in [1.29, 1.82) is 0 Å². The van der Waals surface area contributed by atoms with E-state index < -0.39 is 0 Å². The molecule has 0 saturated heterocycles. The maximum Gasteiger partial charge on any atom is 0.265 e. The van der Waals surface area contributed by atoms with Crippen LogP contribution < -0.4 is 9.64 Å². The third-order valence-corrected chi connectivity index (χ3v) is 4.52. The highest BCUT2D eigenvalue weighted by molar-refractivity contribution is 6.31. The summed E-state index contributed by atoms with van der Waals surface area (Å²) in [4.78, 5) is 27.8. The quantitative estimate of drug-likeness (QED) is 0.825. The van der Waals surface area contributed by atoms with Gasteiger partial charge in [-0.2, -0.15) is 0 Å². The van der Waals surface area contributed by atoms with Gasteiger partial charge in [-0.15, -0.1) is 0 Å². The van der Waals surface area contributed by atoms with Gasteiger partial charge < -0.3 is 14.5 Å². The van der Waals surface area contributed by atoms with E-state index in [4.69, 9.17) is 16.3 Å². The molecule has 2 aromatic carbocycles. The van der Waals surface area contributed by atoms with Gasteiger partial charge in [0.2, 0.25) is 5.91 Å². The number of amides is 2. The summed E-state index contributed by atoms with van der Waals surface area (Å²) in [5.41, 5.74) is 1.60. The maximum absolute atomic E-state index is 12.4. The number of para-hydroxylation sites is 2. The zero-order chi connectivity index (χ0) is 17.8. The van der Waals surface area contributed by atoms with Crippen LogP contribution in [0.3, 0.4) is 0 Å². The highest BCUT2D eigenvalue weighted by Crippen LogP contribution is 2.31. The number of ether oxygens (including phenoxy) is 1. The van der Waals surface area contributed by atoms with E-state index in [9.17, 15) is 9.59 Å². The highest BCUT2D eigenvalue weighted by Gasteiger charge is 2.25. The average molecular weight is 359 g/mol. The first kappa shape index (κ1) is 17.3. The minimum Gasteiger partial charge on any atom is -0.482 e. The van der Waals surface area contributed by atoms with Crippen molar-refractivity contribution in [2.24, 2.45) is 0 Å². The van der Waals surface area contributed by atoms with Crippen molar-refractivity contribution in [2.45, 2.75) is 13.0 Å². The second-order valence-electron chi connectivity index (χ2n) is 5.89. The minimum absolute atomic E-state index is 0.000661. The Hall–Kier alpha value is -2.53. The van der Waals surface area contributed by atoms with Crippen molar-refractivity contribution in [3.05, 3.63) is 59.1 Å². The molecule has 0 radical (unpaired) electrons. The SMILES string of the molecule is CN(Cc1ccccc1Cl)C(=O)CCN1C(=O)COc2ccccc21.